The van der Waals surface area contributed by atoms with E-state index in [4.69, 9.17) is 10.5 Å². The first kappa shape index (κ1) is 12.7. The van der Waals surface area contributed by atoms with Crippen LogP contribution in [-0.2, 0) is 5.41 Å². The molecule has 2 heteroatoms. The van der Waals surface area contributed by atoms with Crippen LogP contribution in [0.25, 0.3) is 0 Å². The lowest BCUT2D eigenvalue weighted by atomic mass is 9.48. The van der Waals surface area contributed by atoms with Gasteiger partial charge in [-0.25, -0.2) is 0 Å². The highest BCUT2D eigenvalue weighted by Crippen LogP contribution is 2.61. The Balaban J connectivity index is 1.70. The van der Waals surface area contributed by atoms with Gasteiger partial charge in [0.2, 0.25) is 0 Å². The molecule has 0 radical (unpaired) electrons. The van der Waals surface area contributed by atoms with E-state index in [2.05, 4.69) is 24.3 Å². The predicted molar refractivity (Wildman–Crippen MR) is 80.8 cm³/mol. The number of ether oxygens (including phenoxy) is 1. The highest BCUT2D eigenvalue weighted by molar-refractivity contribution is 5.41. The first-order chi connectivity index (χ1) is 9.79. The summed E-state index contributed by atoms with van der Waals surface area (Å²) in [6.45, 7) is 1.22. The van der Waals surface area contributed by atoms with Crippen LogP contribution in [0.2, 0.25) is 0 Å². The maximum atomic E-state index is 5.95. The standard InChI is InChI=1S/C18H25NO/c19-5-6-20-17-4-2-1-3-16(17)18-10-13-7-14(11-18)9-15(8-13)12-18/h1-4,13-15H,5-12,19H2. The molecule has 0 unspecified atom stereocenters. The van der Waals surface area contributed by atoms with E-state index in [1.807, 2.05) is 0 Å². The van der Waals surface area contributed by atoms with Gasteiger partial charge in [-0.15, -0.1) is 0 Å². The molecule has 108 valence electrons. The van der Waals surface area contributed by atoms with Crippen molar-refractivity contribution in [3.63, 3.8) is 0 Å². The normalized spacial score (nSPS) is 38.1. The van der Waals surface area contributed by atoms with Crippen molar-refractivity contribution < 1.29 is 4.74 Å². The second-order valence-corrected chi connectivity index (χ2v) is 7.33. The smallest absolute Gasteiger partial charge is 0.123 e. The fourth-order valence-electron chi connectivity index (χ4n) is 5.64. The van der Waals surface area contributed by atoms with Crippen molar-refractivity contribution in [3.8, 4) is 5.75 Å². The van der Waals surface area contributed by atoms with Crippen molar-refractivity contribution in [3.05, 3.63) is 29.8 Å². The van der Waals surface area contributed by atoms with Crippen molar-refractivity contribution in [1.82, 2.24) is 0 Å². The van der Waals surface area contributed by atoms with Crippen molar-refractivity contribution in [2.45, 2.75) is 43.9 Å². The zero-order valence-corrected chi connectivity index (χ0v) is 12.2. The second kappa shape index (κ2) is 4.77. The summed E-state index contributed by atoms with van der Waals surface area (Å²) in [4.78, 5) is 0. The molecule has 4 bridgehead atoms. The maximum absolute atomic E-state index is 5.95. The monoisotopic (exact) mass is 271 g/mol. The molecule has 0 spiro atoms. The van der Waals surface area contributed by atoms with Gasteiger partial charge in [0.25, 0.3) is 0 Å². The maximum Gasteiger partial charge on any atom is 0.123 e. The van der Waals surface area contributed by atoms with Crippen LogP contribution in [-0.4, -0.2) is 13.2 Å². The van der Waals surface area contributed by atoms with E-state index in [1.54, 1.807) is 0 Å². The minimum Gasteiger partial charge on any atom is -0.492 e. The Morgan fingerprint density at radius 1 is 1.00 bits per heavy atom. The molecule has 0 aromatic heterocycles. The lowest BCUT2D eigenvalue weighted by Crippen LogP contribution is -2.48. The van der Waals surface area contributed by atoms with Crippen LogP contribution < -0.4 is 10.5 Å². The molecule has 0 aliphatic heterocycles. The minimum atomic E-state index is 0.417. The highest BCUT2D eigenvalue weighted by Gasteiger charge is 2.52. The van der Waals surface area contributed by atoms with Crippen LogP contribution in [0.3, 0.4) is 0 Å². The number of hydrogen-bond donors (Lipinski definition) is 1. The molecule has 4 saturated carbocycles. The van der Waals surface area contributed by atoms with Crippen molar-refractivity contribution >= 4 is 0 Å². The largest absolute Gasteiger partial charge is 0.492 e. The summed E-state index contributed by atoms with van der Waals surface area (Å²) in [6, 6.07) is 8.74. The molecule has 0 saturated heterocycles. The Bertz CT molecular complexity index is 461. The predicted octanol–water partition coefficient (Wildman–Crippen LogP) is 3.49. The molecule has 2 N–H and O–H groups in total. The fraction of sp³-hybridized carbons (Fsp3) is 0.667. The summed E-state index contributed by atoms with van der Waals surface area (Å²) in [5.41, 5.74) is 7.50. The van der Waals surface area contributed by atoms with E-state index in [1.165, 1.54) is 44.1 Å². The van der Waals surface area contributed by atoms with Gasteiger partial charge >= 0.3 is 0 Å². The van der Waals surface area contributed by atoms with Crippen molar-refractivity contribution in [1.29, 1.82) is 0 Å². The molecule has 4 aliphatic carbocycles. The molecule has 0 amide bonds. The van der Waals surface area contributed by atoms with Crippen LogP contribution >= 0.6 is 0 Å². The van der Waals surface area contributed by atoms with Crippen LogP contribution in [0.4, 0.5) is 0 Å². The van der Waals surface area contributed by atoms with E-state index in [0.717, 1.165) is 23.5 Å². The molecule has 4 aliphatic rings. The van der Waals surface area contributed by atoms with Gasteiger partial charge in [-0.3, -0.25) is 0 Å². The molecule has 20 heavy (non-hydrogen) atoms. The lowest BCUT2D eigenvalue weighted by Gasteiger charge is -2.57. The molecule has 0 atom stereocenters. The van der Waals surface area contributed by atoms with E-state index in [-0.39, 0.29) is 0 Å². The van der Waals surface area contributed by atoms with E-state index in [0.29, 0.717) is 18.6 Å². The summed E-state index contributed by atoms with van der Waals surface area (Å²) >= 11 is 0. The quantitative estimate of drug-likeness (QED) is 0.909. The topological polar surface area (TPSA) is 35.2 Å². The van der Waals surface area contributed by atoms with Crippen molar-refractivity contribution in [2.24, 2.45) is 23.5 Å². The zero-order chi connectivity index (χ0) is 13.6. The zero-order valence-electron chi connectivity index (χ0n) is 12.2. The Labute approximate surface area is 121 Å². The summed E-state index contributed by atoms with van der Waals surface area (Å²) in [5, 5.41) is 0. The molecule has 4 fully saturated rings. The van der Waals surface area contributed by atoms with Gasteiger partial charge in [0.15, 0.2) is 0 Å². The minimum absolute atomic E-state index is 0.417. The third-order valence-corrected chi connectivity index (χ3v) is 5.87. The molecule has 2 nitrogen and oxygen atoms in total. The number of hydrogen-bond acceptors (Lipinski definition) is 2. The van der Waals surface area contributed by atoms with Crippen LogP contribution in [0.5, 0.6) is 5.75 Å². The average molecular weight is 271 g/mol. The lowest BCUT2D eigenvalue weighted by molar-refractivity contribution is -0.00635. The van der Waals surface area contributed by atoms with E-state index < -0.39 is 0 Å². The number of para-hydroxylation sites is 1. The summed E-state index contributed by atoms with van der Waals surface area (Å²) in [6.07, 6.45) is 8.65. The molecule has 1 aromatic rings. The first-order valence-corrected chi connectivity index (χ1v) is 8.21. The van der Waals surface area contributed by atoms with Gasteiger partial charge in [-0.2, -0.15) is 0 Å². The number of rotatable bonds is 4. The van der Waals surface area contributed by atoms with Gasteiger partial charge in [-0.05, 0) is 67.8 Å². The highest BCUT2D eigenvalue weighted by atomic mass is 16.5. The van der Waals surface area contributed by atoms with E-state index in [9.17, 15) is 0 Å². The summed E-state index contributed by atoms with van der Waals surface area (Å²) < 4.78 is 5.95. The third kappa shape index (κ3) is 1.96. The van der Waals surface area contributed by atoms with Crippen molar-refractivity contribution in [2.75, 3.05) is 13.2 Å². The molecule has 1 aromatic carbocycles. The van der Waals surface area contributed by atoms with Crippen LogP contribution in [0.1, 0.15) is 44.1 Å². The van der Waals surface area contributed by atoms with E-state index >= 15 is 0 Å². The third-order valence-electron chi connectivity index (χ3n) is 5.87. The number of nitrogens with two attached hydrogens (primary N) is 1. The van der Waals surface area contributed by atoms with Gasteiger partial charge < -0.3 is 10.5 Å². The van der Waals surface area contributed by atoms with Gasteiger partial charge in [-0.1, -0.05) is 18.2 Å². The second-order valence-electron chi connectivity index (χ2n) is 7.33. The Morgan fingerprint density at radius 3 is 2.20 bits per heavy atom. The summed E-state index contributed by atoms with van der Waals surface area (Å²) in [7, 11) is 0. The average Bonchev–Trinajstić information content (AvgIpc) is 2.44. The van der Waals surface area contributed by atoms with Crippen LogP contribution in [0, 0.1) is 17.8 Å². The Hall–Kier alpha value is -1.02. The Kier molecular flexibility index (Phi) is 3.03. The Morgan fingerprint density at radius 2 is 1.60 bits per heavy atom. The number of benzene rings is 1. The molecule has 0 heterocycles. The van der Waals surface area contributed by atoms with Gasteiger partial charge in [0.05, 0.1) is 0 Å². The molecular formula is C18H25NO. The first-order valence-electron chi connectivity index (χ1n) is 8.21. The molecule has 5 rings (SSSR count). The SMILES string of the molecule is NCCOc1ccccc1C12CC3CC(CC(C3)C1)C2. The van der Waals surface area contributed by atoms with Crippen LogP contribution in [0.15, 0.2) is 24.3 Å². The van der Waals surface area contributed by atoms with Gasteiger partial charge in [0, 0.05) is 12.1 Å². The summed E-state index contributed by atoms with van der Waals surface area (Å²) in [5.74, 6) is 4.02. The fourth-order valence-corrected chi connectivity index (χ4v) is 5.64. The molecular weight excluding hydrogens is 246 g/mol. The van der Waals surface area contributed by atoms with Gasteiger partial charge in [0.1, 0.15) is 12.4 Å².